The Hall–Kier alpha value is -2.25. The summed E-state index contributed by atoms with van der Waals surface area (Å²) in [5.74, 6) is -0.711. The van der Waals surface area contributed by atoms with Crippen molar-refractivity contribution < 1.29 is 14.4 Å². The van der Waals surface area contributed by atoms with E-state index in [9.17, 15) is 14.4 Å². The highest BCUT2D eigenvalue weighted by Gasteiger charge is 2.40. The smallest absolute Gasteiger partial charge is 0.255 e. The van der Waals surface area contributed by atoms with E-state index >= 15 is 0 Å². The van der Waals surface area contributed by atoms with E-state index in [4.69, 9.17) is 0 Å². The number of carbonyl (C=O) groups excluding carboxylic acids is 3. The maximum atomic E-state index is 13.2. The van der Waals surface area contributed by atoms with E-state index in [1.165, 1.54) is 0 Å². The third-order valence-electron chi connectivity index (χ3n) is 6.12. The van der Waals surface area contributed by atoms with Crippen LogP contribution in [0.4, 0.5) is 0 Å². The first kappa shape index (κ1) is 19.1. The first-order valence-corrected chi connectivity index (χ1v) is 10.1. The quantitative estimate of drug-likeness (QED) is 0.761. The van der Waals surface area contributed by atoms with Gasteiger partial charge >= 0.3 is 0 Å². The number of rotatable bonds is 3. The van der Waals surface area contributed by atoms with Gasteiger partial charge in [-0.05, 0) is 37.8 Å². The summed E-state index contributed by atoms with van der Waals surface area (Å²) in [5, 5.41) is 5.93. The largest absolute Gasteiger partial charge is 0.322 e. The molecule has 7 heteroatoms. The monoisotopic (exact) mass is 384 g/mol. The Morgan fingerprint density at radius 1 is 1.18 bits per heavy atom. The van der Waals surface area contributed by atoms with Crippen LogP contribution in [0.25, 0.3) is 0 Å². The molecule has 0 aliphatic carbocycles. The zero-order valence-corrected chi connectivity index (χ0v) is 16.6. The Morgan fingerprint density at radius 2 is 2.00 bits per heavy atom. The molecule has 2 N–H and O–H groups in total. The maximum absolute atomic E-state index is 13.2. The van der Waals surface area contributed by atoms with Crippen molar-refractivity contribution in [2.45, 2.75) is 57.8 Å². The van der Waals surface area contributed by atoms with Gasteiger partial charge in [0.1, 0.15) is 6.04 Å². The minimum Gasteiger partial charge on any atom is -0.322 e. The van der Waals surface area contributed by atoms with Crippen molar-refractivity contribution in [1.82, 2.24) is 20.4 Å². The van der Waals surface area contributed by atoms with Crippen LogP contribution >= 0.6 is 0 Å². The summed E-state index contributed by atoms with van der Waals surface area (Å²) < 4.78 is 0. The summed E-state index contributed by atoms with van der Waals surface area (Å²) in [6.45, 7) is 8.46. The van der Waals surface area contributed by atoms with Gasteiger partial charge in [-0.25, -0.2) is 0 Å². The van der Waals surface area contributed by atoms with Crippen LogP contribution in [0.5, 0.6) is 0 Å². The lowest BCUT2D eigenvalue weighted by Gasteiger charge is -2.29. The molecule has 4 rings (SSSR count). The zero-order chi connectivity index (χ0) is 19.9. The topological polar surface area (TPSA) is 81.8 Å². The molecule has 0 aromatic heterocycles. The van der Waals surface area contributed by atoms with Crippen molar-refractivity contribution in [2.75, 3.05) is 19.6 Å². The zero-order valence-electron chi connectivity index (χ0n) is 16.6. The molecule has 0 spiro atoms. The molecule has 0 bridgehead atoms. The number of imide groups is 1. The highest BCUT2D eigenvalue weighted by Crippen LogP contribution is 2.30. The third kappa shape index (κ3) is 3.69. The standard InChI is InChI=1S/C21H28N4O3/c1-21(2)8-10-24(11-9-22-21)12-14-4-3-5-15-13-25(20(28)18(14)15)16-6-7-17(26)23-19(16)27/h3-5,16,22H,6-13H2,1-2H3,(H,23,26,27). The van der Waals surface area contributed by atoms with Gasteiger partial charge in [0.25, 0.3) is 5.91 Å². The van der Waals surface area contributed by atoms with Gasteiger partial charge in [-0.15, -0.1) is 0 Å². The van der Waals surface area contributed by atoms with E-state index in [-0.39, 0.29) is 29.7 Å². The van der Waals surface area contributed by atoms with Crippen LogP contribution in [0.1, 0.15) is 54.6 Å². The van der Waals surface area contributed by atoms with Crippen LogP contribution in [0.15, 0.2) is 18.2 Å². The van der Waals surface area contributed by atoms with E-state index in [1.807, 2.05) is 18.2 Å². The van der Waals surface area contributed by atoms with E-state index in [0.29, 0.717) is 13.0 Å². The van der Waals surface area contributed by atoms with Crippen LogP contribution in [0.3, 0.4) is 0 Å². The maximum Gasteiger partial charge on any atom is 0.255 e. The van der Waals surface area contributed by atoms with Crippen LogP contribution in [0.2, 0.25) is 0 Å². The molecule has 1 unspecified atom stereocenters. The molecule has 3 aliphatic rings. The molecule has 3 heterocycles. The number of nitrogens with zero attached hydrogens (tertiary/aromatic N) is 2. The number of nitrogens with one attached hydrogen (secondary N) is 2. The van der Waals surface area contributed by atoms with Crippen LogP contribution in [0, 0.1) is 0 Å². The summed E-state index contributed by atoms with van der Waals surface area (Å²) >= 11 is 0. The highest BCUT2D eigenvalue weighted by molar-refractivity contribution is 6.05. The van der Waals surface area contributed by atoms with Crippen molar-refractivity contribution in [2.24, 2.45) is 0 Å². The lowest BCUT2D eigenvalue weighted by molar-refractivity contribution is -0.136. The first-order chi connectivity index (χ1) is 13.3. The Bertz CT molecular complexity index is 820. The number of amides is 3. The number of hydrogen-bond donors (Lipinski definition) is 2. The van der Waals surface area contributed by atoms with Gasteiger partial charge in [-0.1, -0.05) is 18.2 Å². The number of hydrogen-bond acceptors (Lipinski definition) is 5. The molecule has 28 heavy (non-hydrogen) atoms. The molecule has 3 aliphatic heterocycles. The van der Waals surface area contributed by atoms with Crippen molar-refractivity contribution in [1.29, 1.82) is 0 Å². The van der Waals surface area contributed by atoms with E-state index in [0.717, 1.165) is 49.3 Å². The van der Waals surface area contributed by atoms with Gasteiger partial charge in [-0.2, -0.15) is 0 Å². The number of piperidine rings is 1. The summed E-state index contributed by atoms with van der Waals surface area (Å²) in [6, 6.07) is 5.42. The van der Waals surface area contributed by atoms with Gasteiger partial charge in [-0.3, -0.25) is 24.6 Å². The van der Waals surface area contributed by atoms with E-state index < -0.39 is 6.04 Å². The van der Waals surface area contributed by atoms with E-state index in [1.54, 1.807) is 4.90 Å². The van der Waals surface area contributed by atoms with Crippen LogP contribution in [-0.4, -0.2) is 58.7 Å². The summed E-state index contributed by atoms with van der Waals surface area (Å²) in [5.41, 5.74) is 2.87. The predicted molar refractivity (Wildman–Crippen MR) is 104 cm³/mol. The molecule has 3 amide bonds. The molecule has 2 saturated heterocycles. The van der Waals surface area contributed by atoms with Gasteiger partial charge in [0.2, 0.25) is 11.8 Å². The second-order valence-electron chi connectivity index (χ2n) is 8.69. The fourth-order valence-electron chi connectivity index (χ4n) is 4.41. The predicted octanol–water partition coefficient (Wildman–Crippen LogP) is 1.02. The Balaban J connectivity index is 1.52. The average Bonchev–Trinajstić information content (AvgIpc) is 2.86. The fourth-order valence-corrected chi connectivity index (χ4v) is 4.41. The normalized spacial score (nSPS) is 25.4. The van der Waals surface area contributed by atoms with Crippen molar-refractivity contribution in [3.05, 3.63) is 34.9 Å². The second-order valence-corrected chi connectivity index (χ2v) is 8.69. The van der Waals surface area contributed by atoms with Crippen molar-refractivity contribution in [3.8, 4) is 0 Å². The van der Waals surface area contributed by atoms with Gasteiger partial charge in [0, 0.05) is 50.2 Å². The molecule has 7 nitrogen and oxygen atoms in total. The lowest BCUT2D eigenvalue weighted by Crippen LogP contribution is -2.52. The molecule has 2 fully saturated rings. The lowest BCUT2D eigenvalue weighted by atomic mass is 10.0. The van der Waals surface area contributed by atoms with Crippen molar-refractivity contribution >= 4 is 17.7 Å². The van der Waals surface area contributed by atoms with Gasteiger partial charge < -0.3 is 10.2 Å². The Kier molecular flexibility index (Phi) is 4.97. The Morgan fingerprint density at radius 3 is 2.79 bits per heavy atom. The summed E-state index contributed by atoms with van der Waals surface area (Å²) in [4.78, 5) is 40.9. The average molecular weight is 384 g/mol. The third-order valence-corrected chi connectivity index (χ3v) is 6.12. The number of carbonyl (C=O) groups is 3. The summed E-state index contributed by atoms with van der Waals surface area (Å²) in [6.07, 6.45) is 1.73. The molecule has 150 valence electrons. The molecule has 0 radical (unpaired) electrons. The molecule has 1 aromatic carbocycles. The second kappa shape index (κ2) is 7.29. The van der Waals surface area contributed by atoms with Gasteiger partial charge in [0.05, 0.1) is 0 Å². The number of benzene rings is 1. The SMILES string of the molecule is CC1(C)CCN(Cc2cccc3c2C(=O)N(C2CCC(=O)NC2=O)C3)CCN1. The Labute approximate surface area is 165 Å². The molecule has 0 saturated carbocycles. The van der Waals surface area contributed by atoms with E-state index in [2.05, 4.69) is 29.4 Å². The van der Waals surface area contributed by atoms with Gasteiger partial charge in [0.15, 0.2) is 0 Å². The highest BCUT2D eigenvalue weighted by atomic mass is 16.2. The first-order valence-electron chi connectivity index (χ1n) is 10.1. The molecule has 1 aromatic rings. The van der Waals surface area contributed by atoms with Crippen LogP contribution < -0.4 is 10.6 Å². The minimum absolute atomic E-state index is 0.0895. The van der Waals surface area contributed by atoms with Crippen molar-refractivity contribution in [3.63, 3.8) is 0 Å². The molecular weight excluding hydrogens is 356 g/mol. The molecule has 1 atom stereocenters. The fraction of sp³-hybridized carbons (Fsp3) is 0.571. The van der Waals surface area contributed by atoms with Crippen LogP contribution in [-0.2, 0) is 22.7 Å². The summed E-state index contributed by atoms with van der Waals surface area (Å²) in [7, 11) is 0. The minimum atomic E-state index is -0.561. The molecular formula is C21H28N4O3. The number of fused-ring (bicyclic) bond motifs is 1.